The number of anilines is 1. The van der Waals surface area contributed by atoms with E-state index in [0.29, 0.717) is 22.2 Å². The van der Waals surface area contributed by atoms with Crippen LogP contribution in [0.2, 0.25) is 10.0 Å². The molecule has 0 radical (unpaired) electrons. The lowest BCUT2D eigenvalue weighted by molar-refractivity contribution is -0.122. The highest BCUT2D eigenvalue weighted by Crippen LogP contribution is 2.30. The normalized spacial score (nSPS) is 16.5. The third-order valence-corrected chi connectivity index (χ3v) is 8.42. The molecule has 2 amide bonds. The molecule has 34 heavy (non-hydrogen) atoms. The molecule has 4 rings (SSSR count). The van der Waals surface area contributed by atoms with Crippen molar-refractivity contribution in [2.75, 3.05) is 11.4 Å². The van der Waals surface area contributed by atoms with Crippen molar-refractivity contribution in [2.45, 2.75) is 23.8 Å². The van der Waals surface area contributed by atoms with E-state index in [9.17, 15) is 18.0 Å². The van der Waals surface area contributed by atoms with Gasteiger partial charge in [-0.25, -0.2) is 13.3 Å². The average Bonchev–Trinajstić information content (AvgIpc) is 3.08. The Hall–Kier alpha value is -2.23. The lowest BCUT2D eigenvalue weighted by atomic mass is 10.1. The molecule has 0 aromatic heterocycles. The summed E-state index contributed by atoms with van der Waals surface area (Å²) >= 11 is 15.3. The highest BCUT2D eigenvalue weighted by Gasteiger charge is 2.46. The second-order valence-corrected chi connectivity index (χ2v) is 11.4. The van der Waals surface area contributed by atoms with E-state index in [2.05, 4.69) is 15.9 Å². The molecule has 176 valence electrons. The van der Waals surface area contributed by atoms with Crippen LogP contribution < -0.4 is 4.90 Å². The molecule has 1 aliphatic heterocycles. The van der Waals surface area contributed by atoms with E-state index in [1.54, 1.807) is 42.5 Å². The largest absolute Gasteiger partial charge is 0.274 e. The van der Waals surface area contributed by atoms with Crippen LogP contribution in [0, 0.1) is 0 Å². The molecular weight excluding hydrogens is 563 g/mol. The summed E-state index contributed by atoms with van der Waals surface area (Å²) in [5.41, 5.74) is 1.20. The molecule has 1 unspecified atom stereocenters. The summed E-state index contributed by atoms with van der Waals surface area (Å²) in [6, 6.07) is 18.3. The van der Waals surface area contributed by atoms with Crippen molar-refractivity contribution in [3.63, 3.8) is 0 Å². The van der Waals surface area contributed by atoms with Gasteiger partial charge in [0, 0.05) is 21.1 Å². The molecule has 0 spiro atoms. The van der Waals surface area contributed by atoms with Crippen LogP contribution in [0.4, 0.5) is 5.69 Å². The molecular formula is C24H19BrCl2N2O4S. The number of amides is 2. The molecule has 1 aliphatic rings. The van der Waals surface area contributed by atoms with Crippen LogP contribution in [0.5, 0.6) is 0 Å². The molecule has 0 bridgehead atoms. The number of rotatable bonds is 7. The first kappa shape index (κ1) is 24.9. The Balaban J connectivity index is 1.69. The summed E-state index contributed by atoms with van der Waals surface area (Å²) in [5, 5.41) is 0.913. The molecule has 1 atom stereocenters. The van der Waals surface area contributed by atoms with Crippen molar-refractivity contribution >= 4 is 66.7 Å². The molecule has 1 saturated heterocycles. The van der Waals surface area contributed by atoms with Crippen LogP contribution >= 0.6 is 39.1 Å². The molecule has 3 aromatic carbocycles. The Labute approximate surface area is 216 Å². The van der Waals surface area contributed by atoms with Gasteiger partial charge >= 0.3 is 0 Å². The summed E-state index contributed by atoms with van der Waals surface area (Å²) in [4.78, 5) is 27.3. The van der Waals surface area contributed by atoms with Gasteiger partial charge in [-0.15, -0.1) is 0 Å². The molecule has 1 fully saturated rings. The number of imide groups is 1. The topological polar surface area (TPSA) is 74.8 Å². The van der Waals surface area contributed by atoms with E-state index >= 15 is 0 Å². The minimum Gasteiger partial charge on any atom is -0.274 e. The van der Waals surface area contributed by atoms with E-state index in [0.717, 1.165) is 19.2 Å². The lowest BCUT2D eigenvalue weighted by Crippen LogP contribution is -2.46. The van der Waals surface area contributed by atoms with Gasteiger partial charge in [0.05, 0.1) is 17.0 Å². The summed E-state index contributed by atoms with van der Waals surface area (Å²) < 4.78 is 29.2. The second-order valence-electron chi connectivity index (χ2n) is 7.71. The van der Waals surface area contributed by atoms with Gasteiger partial charge in [-0.05, 0) is 72.6 Å². The Bertz CT molecular complexity index is 1330. The zero-order chi connectivity index (χ0) is 24.5. The Morgan fingerprint density at radius 3 is 2.26 bits per heavy atom. The maximum Gasteiger partial charge on any atom is 0.252 e. The summed E-state index contributed by atoms with van der Waals surface area (Å²) in [7, 11) is -4.12. The van der Waals surface area contributed by atoms with Crippen LogP contribution in [-0.2, 0) is 26.0 Å². The number of hydrogen-bond acceptors (Lipinski definition) is 4. The predicted octanol–water partition coefficient (Wildman–Crippen LogP) is 5.32. The first-order chi connectivity index (χ1) is 16.2. The number of carbonyl (C=O) groups excluding carboxylic acids is 2. The fraction of sp³-hybridized carbons (Fsp3) is 0.167. The predicted molar refractivity (Wildman–Crippen MR) is 136 cm³/mol. The van der Waals surface area contributed by atoms with Crippen molar-refractivity contribution in [3.8, 4) is 0 Å². The minimum atomic E-state index is -4.12. The molecule has 0 aliphatic carbocycles. The average molecular weight is 582 g/mol. The molecule has 0 N–H and O–H groups in total. The molecule has 10 heteroatoms. The molecule has 6 nitrogen and oxygen atoms in total. The monoisotopic (exact) mass is 580 g/mol. The van der Waals surface area contributed by atoms with E-state index in [1.165, 1.54) is 24.3 Å². The number of benzene rings is 3. The van der Waals surface area contributed by atoms with Crippen molar-refractivity contribution in [2.24, 2.45) is 0 Å². The van der Waals surface area contributed by atoms with E-state index < -0.39 is 27.9 Å². The minimum absolute atomic E-state index is 0.00895. The standard InChI is InChI=1S/C24H19BrCl2N2O4S/c25-17-4-8-20(9-5-17)29-23(30)15-22(24(29)31)28(13-12-16-2-1-3-19(27)14-16)34(32,33)21-10-6-18(26)7-11-21/h1-11,14,22H,12-13,15H2. The van der Waals surface area contributed by atoms with Gasteiger partial charge in [0.15, 0.2) is 0 Å². The fourth-order valence-corrected chi connectivity index (χ4v) is 6.00. The summed E-state index contributed by atoms with van der Waals surface area (Å²) in [5.74, 6) is -1.05. The van der Waals surface area contributed by atoms with Crippen molar-refractivity contribution in [3.05, 3.63) is 92.9 Å². The zero-order valence-corrected chi connectivity index (χ0v) is 21.6. The number of sulfonamides is 1. The highest BCUT2D eigenvalue weighted by atomic mass is 79.9. The first-order valence-electron chi connectivity index (χ1n) is 10.3. The van der Waals surface area contributed by atoms with E-state index in [-0.39, 0.29) is 17.9 Å². The van der Waals surface area contributed by atoms with E-state index in [1.807, 2.05) is 6.07 Å². The molecule has 3 aromatic rings. The van der Waals surface area contributed by atoms with Gasteiger partial charge in [-0.2, -0.15) is 4.31 Å². The SMILES string of the molecule is O=C1CC(N(CCc2cccc(Cl)c2)S(=O)(=O)c2ccc(Cl)cc2)C(=O)N1c1ccc(Br)cc1. The number of nitrogens with zero attached hydrogens (tertiary/aromatic N) is 2. The number of hydrogen-bond donors (Lipinski definition) is 0. The van der Waals surface area contributed by atoms with Gasteiger partial charge in [0.1, 0.15) is 6.04 Å². The zero-order valence-electron chi connectivity index (χ0n) is 17.7. The van der Waals surface area contributed by atoms with Crippen LogP contribution in [-0.4, -0.2) is 37.1 Å². The van der Waals surface area contributed by atoms with Crippen LogP contribution in [0.15, 0.2) is 82.2 Å². The van der Waals surface area contributed by atoms with Gasteiger partial charge in [-0.1, -0.05) is 51.3 Å². The maximum atomic E-state index is 13.6. The molecule has 1 heterocycles. The highest BCUT2D eigenvalue weighted by molar-refractivity contribution is 9.10. The quantitative estimate of drug-likeness (QED) is 0.354. The molecule has 0 saturated carbocycles. The van der Waals surface area contributed by atoms with Crippen molar-refractivity contribution in [1.29, 1.82) is 0 Å². The number of carbonyl (C=O) groups is 2. The van der Waals surface area contributed by atoms with E-state index in [4.69, 9.17) is 23.2 Å². The van der Waals surface area contributed by atoms with Crippen LogP contribution in [0.3, 0.4) is 0 Å². The third-order valence-electron chi connectivity index (χ3n) is 5.49. The van der Waals surface area contributed by atoms with Gasteiger partial charge in [0.25, 0.3) is 5.91 Å². The fourth-order valence-electron chi connectivity index (χ4n) is 3.82. The lowest BCUT2D eigenvalue weighted by Gasteiger charge is -2.27. The summed E-state index contributed by atoms with van der Waals surface area (Å²) in [6.45, 7) is -0.0107. The van der Waals surface area contributed by atoms with Gasteiger partial charge < -0.3 is 0 Å². The second kappa shape index (κ2) is 10.2. The van der Waals surface area contributed by atoms with Gasteiger partial charge in [0.2, 0.25) is 15.9 Å². The Morgan fingerprint density at radius 2 is 1.62 bits per heavy atom. The third kappa shape index (κ3) is 5.21. The maximum absolute atomic E-state index is 13.6. The summed E-state index contributed by atoms with van der Waals surface area (Å²) in [6.07, 6.45) is 0.0564. The van der Waals surface area contributed by atoms with Crippen LogP contribution in [0.1, 0.15) is 12.0 Å². The smallest absolute Gasteiger partial charge is 0.252 e. The Morgan fingerprint density at radius 1 is 0.941 bits per heavy atom. The number of halogens is 3. The Kier molecular flexibility index (Phi) is 7.45. The first-order valence-corrected chi connectivity index (χ1v) is 13.3. The van der Waals surface area contributed by atoms with Crippen LogP contribution in [0.25, 0.3) is 0 Å². The van der Waals surface area contributed by atoms with Crippen molar-refractivity contribution in [1.82, 2.24) is 4.31 Å². The van der Waals surface area contributed by atoms with Gasteiger partial charge in [-0.3, -0.25) is 9.59 Å². The van der Waals surface area contributed by atoms with Crippen molar-refractivity contribution < 1.29 is 18.0 Å².